The molecule has 2 aromatic rings. The van der Waals surface area contributed by atoms with Crippen molar-refractivity contribution in [2.24, 2.45) is 0 Å². The number of rotatable bonds is 3. The van der Waals surface area contributed by atoms with Gasteiger partial charge < -0.3 is 5.32 Å². The highest BCUT2D eigenvalue weighted by atomic mass is 35.5. The molecule has 0 aliphatic heterocycles. The molecule has 0 aliphatic rings. The van der Waals surface area contributed by atoms with E-state index in [-0.39, 0.29) is 5.91 Å². The fourth-order valence-electron chi connectivity index (χ4n) is 1.85. The van der Waals surface area contributed by atoms with Crippen LogP contribution in [0.1, 0.15) is 21.5 Å². The second-order valence-corrected chi connectivity index (χ2v) is 4.48. The van der Waals surface area contributed by atoms with Crippen LogP contribution in [0, 0.1) is 0 Å². The Morgan fingerprint density at radius 2 is 1.78 bits per heavy atom. The zero-order valence-corrected chi connectivity index (χ0v) is 10.9. The summed E-state index contributed by atoms with van der Waals surface area (Å²) >= 11 is 5.85. The Hall–Kier alpha value is -1.80. The van der Waals surface area contributed by atoms with Crippen molar-refractivity contribution in [1.82, 2.24) is 5.32 Å². The summed E-state index contributed by atoms with van der Waals surface area (Å²) in [6, 6.07) is 15.3. The summed E-state index contributed by atoms with van der Waals surface area (Å²) < 4.78 is 0. The summed E-state index contributed by atoms with van der Waals surface area (Å²) in [4.78, 5) is 11.7. The molecule has 3 heteroatoms. The smallest absolute Gasteiger partial charge is 0.251 e. The van der Waals surface area contributed by atoms with Crippen molar-refractivity contribution in [2.75, 3.05) is 7.05 Å². The molecule has 1 amide bonds. The number of carbonyl (C=O) groups is 1. The Morgan fingerprint density at radius 3 is 2.44 bits per heavy atom. The van der Waals surface area contributed by atoms with E-state index in [1.165, 1.54) is 0 Å². The van der Waals surface area contributed by atoms with Crippen molar-refractivity contribution in [2.45, 2.75) is 6.42 Å². The van der Waals surface area contributed by atoms with Crippen LogP contribution in [0.25, 0.3) is 0 Å². The SMILES string of the molecule is CNC(=O)c1ccccc1Cc1ccc(Cl)cc1. The molecule has 2 nitrogen and oxygen atoms in total. The van der Waals surface area contributed by atoms with Gasteiger partial charge in [-0.15, -0.1) is 0 Å². The molecule has 2 rings (SSSR count). The summed E-state index contributed by atoms with van der Waals surface area (Å²) in [7, 11) is 1.64. The van der Waals surface area contributed by atoms with E-state index in [0.29, 0.717) is 0 Å². The van der Waals surface area contributed by atoms with Crippen molar-refractivity contribution in [3.05, 3.63) is 70.2 Å². The van der Waals surface area contributed by atoms with Crippen LogP contribution >= 0.6 is 11.6 Å². The molecule has 0 heterocycles. The molecule has 2 aromatic carbocycles. The first-order valence-electron chi connectivity index (χ1n) is 5.75. The zero-order valence-electron chi connectivity index (χ0n) is 10.1. The van der Waals surface area contributed by atoms with Crippen molar-refractivity contribution in [3.8, 4) is 0 Å². The third-order valence-electron chi connectivity index (χ3n) is 2.80. The molecular weight excluding hydrogens is 246 g/mol. The molecule has 1 N–H and O–H groups in total. The average molecular weight is 260 g/mol. The molecule has 0 aliphatic carbocycles. The standard InChI is InChI=1S/C15H14ClNO/c1-17-15(18)14-5-3-2-4-12(14)10-11-6-8-13(16)9-7-11/h2-9H,10H2,1H3,(H,17,18). The van der Waals surface area contributed by atoms with Gasteiger partial charge in [-0.3, -0.25) is 4.79 Å². The first-order chi connectivity index (χ1) is 8.70. The normalized spacial score (nSPS) is 10.1. The van der Waals surface area contributed by atoms with Crippen molar-refractivity contribution >= 4 is 17.5 Å². The van der Waals surface area contributed by atoms with E-state index in [4.69, 9.17) is 11.6 Å². The van der Waals surface area contributed by atoms with Crippen molar-refractivity contribution in [3.63, 3.8) is 0 Å². The first kappa shape index (κ1) is 12.7. The summed E-state index contributed by atoms with van der Waals surface area (Å²) in [5, 5.41) is 3.38. The Bertz CT molecular complexity index is 549. The first-order valence-corrected chi connectivity index (χ1v) is 6.13. The minimum Gasteiger partial charge on any atom is -0.355 e. The van der Waals surface area contributed by atoms with Gasteiger partial charge in [0, 0.05) is 17.6 Å². The second kappa shape index (κ2) is 5.69. The number of halogens is 1. The van der Waals surface area contributed by atoms with Gasteiger partial charge in [-0.1, -0.05) is 41.9 Å². The second-order valence-electron chi connectivity index (χ2n) is 4.04. The molecule has 92 valence electrons. The quantitative estimate of drug-likeness (QED) is 0.900. The van der Waals surface area contributed by atoms with Gasteiger partial charge >= 0.3 is 0 Å². The van der Waals surface area contributed by atoms with Crippen LogP contribution < -0.4 is 5.32 Å². The van der Waals surface area contributed by atoms with Gasteiger partial charge in [0.2, 0.25) is 0 Å². The lowest BCUT2D eigenvalue weighted by atomic mass is 9.99. The Labute approximate surface area is 112 Å². The fourth-order valence-corrected chi connectivity index (χ4v) is 1.98. The van der Waals surface area contributed by atoms with E-state index in [1.54, 1.807) is 7.05 Å². The van der Waals surface area contributed by atoms with Crippen LogP contribution in [0.15, 0.2) is 48.5 Å². The number of amides is 1. The van der Waals surface area contributed by atoms with Gasteiger partial charge in [0.25, 0.3) is 5.91 Å². The van der Waals surface area contributed by atoms with Crippen LogP contribution in [-0.2, 0) is 6.42 Å². The Balaban J connectivity index is 2.28. The highest BCUT2D eigenvalue weighted by Crippen LogP contribution is 2.16. The van der Waals surface area contributed by atoms with Gasteiger partial charge in [-0.2, -0.15) is 0 Å². The van der Waals surface area contributed by atoms with E-state index in [9.17, 15) is 4.79 Å². The zero-order chi connectivity index (χ0) is 13.0. The topological polar surface area (TPSA) is 29.1 Å². The summed E-state index contributed by atoms with van der Waals surface area (Å²) in [6.07, 6.45) is 0.723. The van der Waals surface area contributed by atoms with Gasteiger partial charge in [0.1, 0.15) is 0 Å². The molecule has 0 saturated heterocycles. The summed E-state index contributed by atoms with van der Waals surface area (Å²) in [5.74, 6) is -0.0560. The molecule has 0 aromatic heterocycles. The number of carbonyl (C=O) groups excluding carboxylic acids is 1. The average Bonchev–Trinajstić information content (AvgIpc) is 2.41. The summed E-state index contributed by atoms with van der Waals surface area (Å²) in [6.45, 7) is 0. The van der Waals surface area contributed by atoms with Gasteiger partial charge in [0.05, 0.1) is 0 Å². The van der Waals surface area contributed by atoms with Crippen LogP contribution in [0.5, 0.6) is 0 Å². The van der Waals surface area contributed by atoms with E-state index in [0.717, 1.165) is 28.1 Å². The largest absolute Gasteiger partial charge is 0.355 e. The van der Waals surface area contributed by atoms with Gasteiger partial charge in [0.15, 0.2) is 0 Å². The predicted octanol–water partition coefficient (Wildman–Crippen LogP) is 3.29. The lowest BCUT2D eigenvalue weighted by Gasteiger charge is -2.08. The van der Waals surface area contributed by atoms with Crippen LogP contribution in [-0.4, -0.2) is 13.0 Å². The Kier molecular flexibility index (Phi) is 4.00. The molecule has 0 radical (unpaired) electrons. The third kappa shape index (κ3) is 2.90. The molecule has 18 heavy (non-hydrogen) atoms. The minimum absolute atomic E-state index is 0.0560. The molecule has 0 unspecified atom stereocenters. The third-order valence-corrected chi connectivity index (χ3v) is 3.05. The van der Waals surface area contributed by atoms with Crippen molar-refractivity contribution < 1.29 is 4.79 Å². The van der Waals surface area contributed by atoms with Crippen LogP contribution in [0.2, 0.25) is 5.02 Å². The molecule has 0 spiro atoms. The van der Waals surface area contributed by atoms with E-state index in [1.807, 2.05) is 48.5 Å². The van der Waals surface area contributed by atoms with E-state index in [2.05, 4.69) is 5.32 Å². The molecule has 0 saturated carbocycles. The van der Waals surface area contributed by atoms with Gasteiger partial charge in [-0.25, -0.2) is 0 Å². The van der Waals surface area contributed by atoms with Crippen LogP contribution in [0.4, 0.5) is 0 Å². The predicted molar refractivity (Wildman–Crippen MR) is 74.1 cm³/mol. The molecule has 0 fully saturated rings. The van der Waals surface area contributed by atoms with E-state index < -0.39 is 0 Å². The van der Waals surface area contributed by atoms with Gasteiger partial charge in [-0.05, 0) is 35.7 Å². The number of hydrogen-bond donors (Lipinski definition) is 1. The molecule has 0 bridgehead atoms. The maximum absolute atomic E-state index is 11.7. The highest BCUT2D eigenvalue weighted by Gasteiger charge is 2.09. The highest BCUT2D eigenvalue weighted by molar-refractivity contribution is 6.30. The van der Waals surface area contributed by atoms with Crippen LogP contribution in [0.3, 0.4) is 0 Å². The molecule has 0 atom stereocenters. The summed E-state index contributed by atoms with van der Waals surface area (Å²) in [5.41, 5.74) is 2.87. The lowest BCUT2D eigenvalue weighted by Crippen LogP contribution is -2.19. The lowest BCUT2D eigenvalue weighted by molar-refractivity contribution is 0.0962. The maximum atomic E-state index is 11.7. The number of nitrogens with one attached hydrogen (secondary N) is 1. The maximum Gasteiger partial charge on any atom is 0.251 e. The monoisotopic (exact) mass is 259 g/mol. The Morgan fingerprint density at radius 1 is 1.11 bits per heavy atom. The number of benzene rings is 2. The number of hydrogen-bond acceptors (Lipinski definition) is 1. The fraction of sp³-hybridized carbons (Fsp3) is 0.133. The van der Waals surface area contributed by atoms with E-state index >= 15 is 0 Å². The molecular formula is C15H14ClNO. The minimum atomic E-state index is -0.0560. The van der Waals surface area contributed by atoms with Crippen molar-refractivity contribution in [1.29, 1.82) is 0 Å².